The van der Waals surface area contributed by atoms with Crippen molar-refractivity contribution in [3.8, 4) is 6.07 Å². The Morgan fingerprint density at radius 3 is 2.85 bits per heavy atom. The second-order valence-electron chi connectivity index (χ2n) is 4.56. The third kappa shape index (κ3) is 3.08. The lowest BCUT2D eigenvalue weighted by Gasteiger charge is -2.34. The number of esters is 1. The maximum absolute atomic E-state index is 11.5. The molecule has 0 bridgehead atoms. The van der Waals surface area contributed by atoms with E-state index in [1.54, 1.807) is 6.92 Å². The molecule has 0 radical (unpaired) electrons. The molecule has 0 saturated carbocycles. The number of rotatable bonds is 4. The Morgan fingerprint density at radius 1 is 1.55 bits per heavy atom. The molecule has 7 heteroatoms. The predicted molar refractivity (Wildman–Crippen MR) is 71.3 cm³/mol. The number of oxazole rings is 1. The van der Waals surface area contributed by atoms with Gasteiger partial charge in [-0.05, 0) is 13.8 Å². The zero-order valence-corrected chi connectivity index (χ0v) is 11.7. The molecule has 0 N–H and O–H groups in total. The van der Waals surface area contributed by atoms with Crippen LogP contribution in [0, 0.1) is 11.3 Å². The summed E-state index contributed by atoms with van der Waals surface area (Å²) in [6, 6.07) is 2.57. The molecule has 1 fully saturated rings. The Morgan fingerprint density at radius 2 is 2.25 bits per heavy atom. The van der Waals surface area contributed by atoms with Gasteiger partial charge in [0.15, 0.2) is 5.69 Å². The van der Waals surface area contributed by atoms with Crippen molar-refractivity contribution < 1.29 is 13.9 Å². The molecule has 108 valence electrons. The smallest absolute Gasteiger partial charge is 0.360 e. The van der Waals surface area contributed by atoms with Gasteiger partial charge in [0.2, 0.25) is 0 Å². The van der Waals surface area contributed by atoms with Crippen molar-refractivity contribution in [2.24, 2.45) is 0 Å². The fourth-order valence-electron chi connectivity index (χ4n) is 2.09. The van der Waals surface area contributed by atoms with Crippen LogP contribution in [0.3, 0.4) is 0 Å². The van der Waals surface area contributed by atoms with Gasteiger partial charge in [-0.15, -0.1) is 0 Å². The largest absolute Gasteiger partial charge is 0.461 e. The first-order valence-electron chi connectivity index (χ1n) is 6.67. The highest BCUT2D eigenvalue weighted by Crippen LogP contribution is 2.17. The molecule has 1 atom stereocenters. The molecule has 1 aliphatic heterocycles. The van der Waals surface area contributed by atoms with Crippen molar-refractivity contribution in [3.05, 3.63) is 12.0 Å². The van der Waals surface area contributed by atoms with Gasteiger partial charge in [0, 0.05) is 26.2 Å². The Kier molecular flexibility index (Phi) is 4.58. The van der Waals surface area contributed by atoms with Crippen molar-refractivity contribution in [1.82, 2.24) is 9.88 Å². The third-order valence-corrected chi connectivity index (χ3v) is 3.30. The average Bonchev–Trinajstić information content (AvgIpc) is 2.97. The quantitative estimate of drug-likeness (QED) is 0.756. The zero-order valence-electron chi connectivity index (χ0n) is 11.7. The number of carbonyl (C=O) groups excluding carboxylic acids is 1. The number of aromatic nitrogens is 1. The molecule has 0 aliphatic carbocycles. The number of carbonyl (C=O) groups is 1. The van der Waals surface area contributed by atoms with E-state index >= 15 is 0 Å². The van der Waals surface area contributed by atoms with Gasteiger partial charge >= 0.3 is 5.97 Å². The van der Waals surface area contributed by atoms with Crippen LogP contribution in [0.25, 0.3) is 0 Å². The van der Waals surface area contributed by atoms with Gasteiger partial charge in [-0.2, -0.15) is 10.2 Å². The molecule has 1 aromatic rings. The summed E-state index contributed by atoms with van der Waals surface area (Å²) in [4.78, 5) is 19.7. The molecule has 1 aliphatic rings. The van der Waals surface area contributed by atoms with Crippen molar-refractivity contribution in [2.45, 2.75) is 19.9 Å². The lowest BCUT2D eigenvalue weighted by molar-refractivity contribution is 0.0519. The van der Waals surface area contributed by atoms with E-state index < -0.39 is 5.97 Å². The van der Waals surface area contributed by atoms with Gasteiger partial charge in [-0.25, -0.2) is 4.79 Å². The van der Waals surface area contributed by atoms with Crippen LogP contribution in [0.2, 0.25) is 0 Å². The fraction of sp³-hybridized carbons (Fsp3) is 0.615. The molecule has 2 heterocycles. The van der Waals surface area contributed by atoms with E-state index in [1.165, 1.54) is 6.26 Å². The Hall–Kier alpha value is -2.07. The number of hydrogen-bond acceptors (Lipinski definition) is 7. The minimum Gasteiger partial charge on any atom is -0.461 e. The first-order chi connectivity index (χ1) is 9.65. The molecular weight excluding hydrogens is 260 g/mol. The number of anilines is 1. The van der Waals surface area contributed by atoms with E-state index in [-0.39, 0.29) is 11.7 Å². The van der Waals surface area contributed by atoms with Gasteiger partial charge in [0.25, 0.3) is 6.01 Å². The van der Waals surface area contributed by atoms with Gasteiger partial charge in [-0.1, -0.05) is 0 Å². The van der Waals surface area contributed by atoms with Gasteiger partial charge < -0.3 is 14.1 Å². The SMILES string of the molecule is CCOC(=O)c1coc(N2CCN(C(C)C#N)CC2)n1. The second-order valence-corrected chi connectivity index (χ2v) is 4.56. The Labute approximate surface area is 117 Å². The summed E-state index contributed by atoms with van der Waals surface area (Å²) in [6.07, 6.45) is 1.32. The molecule has 1 unspecified atom stereocenters. The van der Waals surface area contributed by atoms with E-state index in [0.717, 1.165) is 26.2 Å². The lowest BCUT2D eigenvalue weighted by atomic mass is 10.2. The normalized spacial score (nSPS) is 17.6. The number of nitriles is 1. The molecule has 7 nitrogen and oxygen atoms in total. The Bertz CT molecular complexity index is 500. The highest BCUT2D eigenvalue weighted by Gasteiger charge is 2.24. The minimum atomic E-state index is -0.473. The predicted octanol–water partition coefficient (Wildman–Crippen LogP) is 0.885. The van der Waals surface area contributed by atoms with Gasteiger partial charge in [0.05, 0.1) is 18.7 Å². The maximum atomic E-state index is 11.5. The topological polar surface area (TPSA) is 82.6 Å². The summed E-state index contributed by atoms with van der Waals surface area (Å²) in [6.45, 7) is 6.92. The average molecular weight is 278 g/mol. The van der Waals surface area contributed by atoms with Crippen LogP contribution < -0.4 is 4.90 Å². The molecular formula is C13H18N4O3. The monoisotopic (exact) mass is 278 g/mol. The Balaban J connectivity index is 1.94. The first-order valence-corrected chi connectivity index (χ1v) is 6.67. The van der Waals surface area contributed by atoms with Gasteiger partial charge in [0.1, 0.15) is 6.26 Å². The second kappa shape index (κ2) is 6.39. The van der Waals surface area contributed by atoms with Crippen molar-refractivity contribution in [1.29, 1.82) is 5.26 Å². The van der Waals surface area contributed by atoms with E-state index in [2.05, 4.69) is 16.0 Å². The van der Waals surface area contributed by atoms with E-state index in [9.17, 15) is 4.79 Å². The minimum absolute atomic E-state index is 0.0863. The molecule has 1 saturated heterocycles. The van der Waals surface area contributed by atoms with Crippen LogP contribution in [0.1, 0.15) is 24.3 Å². The number of hydrogen-bond donors (Lipinski definition) is 0. The van der Waals surface area contributed by atoms with Crippen molar-refractivity contribution in [3.63, 3.8) is 0 Å². The lowest BCUT2D eigenvalue weighted by Crippen LogP contribution is -2.49. The first kappa shape index (κ1) is 14.3. The number of nitrogens with zero attached hydrogens (tertiary/aromatic N) is 4. The standard InChI is InChI=1S/C13H18N4O3/c1-3-19-12(18)11-9-20-13(15-11)17-6-4-16(5-7-17)10(2)8-14/h9-10H,3-7H2,1-2H3. The van der Waals surface area contributed by atoms with E-state index in [1.807, 2.05) is 11.8 Å². The summed E-state index contributed by atoms with van der Waals surface area (Å²) >= 11 is 0. The molecule has 20 heavy (non-hydrogen) atoms. The summed E-state index contributed by atoms with van der Waals surface area (Å²) in [5.74, 6) is -0.473. The summed E-state index contributed by atoms with van der Waals surface area (Å²) in [7, 11) is 0. The van der Waals surface area contributed by atoms with Crippen LogP contribution >= 0.6 is 0 Å². The van der Waals surface area contributed by atoms with Crippen LogP contribution in [0.4, 0.5) is 6.01 Å². The van der Waals surface area contributed by atoms with Crippen molar-refractivity contribution in [2.75, 3.05) is 37.7 Å². The molecule has 0 aromatic carbocycles. The molecule has 1 aromatic heterocycles. The summed E-state index contributed by atoms with van der Waals surface area (Å²) in [5.41, 5.74) is 0.190. The molecule has 0 spiro atoms. The highest BCUT2D eigenvalue weighted by atomic mass is 16.5. The maximum Gasteiger partial charge on any atom is 0.360 e. The highest BCUT2D eigenvalue weighted by molar-refractivity contribution is 5.87. The van der Waals surface area contributed by atoms with E-state index in [0.29, 0.717) is 12.6 Å². The zero-order chi connectivity index (χ0) is 14.5. The van der Waals surface area contributed by atoms with Gasteiger partial charge in [-0.3, -0.25) is 4.90 Å². The van der Waals surface area contributed by atoms with Crippen LogP contribution in [0.15, 0.2) is 10.7 Å². The molecule has 2 rings (SSSR count). The molecule has 0 amide bonds. The summed E-state index contributed by atoms with van der Waals surface area (Å²) < 4.78 is 10.2. The van der Waals surface area contributed by atoms with Crippen molar-refractivity contribution >= 4 is 12.0 Å². The van der Waals surface area contributed by atoms with Crippen LogP contribution in [-0.4, -0.2) is 54.7 Å². The third-order valence-electron chi connectivity index (χ3n) is 3.30. The van der Waals surface area contributed by atoms with E-state index in [4.69, 9.17) is 14.4 Å². The van der Waals surface area contributed by atoms with Crippen LogP contribution in [0.5, 0.6) is 0 Å². The number of ether oxygens (including phenoxy) is 1. The summed E-state index contributed by atoms with van der Waals surface area (Å²) in [5, 5.41) is 8.90. The van der Waals surface area contributed by atoms with Crippen LogP contribution in [-0.2, 0) is 4.74 Å². The number of piperazine rings is 1. The fourth-order valence-corrected chi connectivity index (χ4v) is 2.09.